The fraction of sp³-hybridized carbons (Fsp3) is 0.333. The summed E-state index contributed by atoms with van der Waals surface area (Å²) in [6.07, 6.45) is 6.97. The summed E-state index contributed by atoms with van der Waals surface area (Å²) >= 11 is 0. The van der Waals surface area contributed by atoms with Crippen molar-refractivity contribution >= 4 is 18.7 Å². The third-order valence-electron chi connectivity index (χ3n) is 4.71. The van der Waals surface area contributed by atoms with Gasteiger partial charge in [-0.3, -0.25) is 0 Å². The number of hydrogen-bond acceptors (Lipinski definition) is 1. The second-order valence-electron chi connectivity index (χ2n) is 7.33. The molecule has 0 bridgehead atoms. The van der Waals surface area contributed by atoms with Gasteiger partial charge in [-0.25, -0.2) is 0 Å². The average molecular weight is 323 g/mol. The Hall–Kier alpha value is -1.64. The van der Waals surface area contributed by atoms with Gasteiger partial charge < -0.3 is 4.43 Å². The first kappa shape index (κ1) is 16.2. The molecule has 0 fully saturated rings. The zero-order valence-electron chi connectivity index (χ0n) is 14.3. The molecule has 2 aromatic rings. The van der Waals surface area contributed by atoms with Crippen LogP contribution < -0.4 is 10.4 Å². The minimum absolute atomic E-state index is 0.0616. The van der Waals surface area contributed by atoms with E-state index in [1.165, 1.54) is 10.4 Å². The molecule has 0 spiro atoms. The summed E-state index contributed by atoms with van der Waals surface area (Å²) in [5, 5.41) is 2.78. The van der Waals surface area contributed by atoms with Gasteiger partial charge in [0.15, 0.2) is 0 Å². The molecular weight excluding hydrogens is 296 g/mol. The smallest absolute Gasteiger partial charge is 0.261 e. The standard InChI is InChI=1S/C21H26OSi/c1-21(2,3)23(19-14-6-4-7-15-19,20-16-8-5-9-17-20)22-18-12-10-11-13-18/h4-10,12,14-18H,11,13H2,1-3H3. The van der Waals surface area contributed by atoms with Gasteiger partial charge in [0.2, 0.25) is 0 Å². The summed E-state index contributed by atoms with van der Waals surface area (Å²) in [5.74, 6) is 0. The number of benzene rings is 2. The van der Waals surface area contributed by atoms with Crippen LogP contribution in [0.4, 0.5) is 0 Å². The van der Waals surface area contributed by atoms with E-state index >= 15 is 0 Å². The molecule has 23 heavy (non-hydrogen) atoms. The number of rotatable bonds is 4. The minimum atomic E-state index is -2.37. The maximum Gasteiger partial charge on any atom is 0.261 e. The molecule has 2 aromatic carbocycles. The van der Waals surface area contributed by atoms with Gasteiger partial charge in [0, 0.05) is 0 Å². The lowest BCUT2D eigenvalue weighted by atomic mass is 10.2. The van der Waals surface area contributed by atoms with Gasteiger partial charge in [0.25, 0.3) is 8.32 Å². The Morgan fingerprint density at radius 1 is 0.870 bits per heavy atom. The summed E-state index contributed by atoms with van der Waals surface area (Å²) in [6, 6.07) is 21.7. The molecule has 0 saturated heterocycles. The summed E-state index contributed by atoms with van der Waals surface area (Å²) in [6.45, 7) is 6.99. The van der Waals surface area contributed by atoms with E-state index in [4.69, 9.17) is 4.43 Å². The molecule has 0 radical (unpaired) electrons. The van der Waals surface area contributed by atoms with Crippen molar-refractivity contribution in [3.8, 4) is 0 Å². The summed E-state index contributed by atoms with van der Waals surface area (Å²) in [5.41, 5.74) is 0. The topological polar surface area (TPSA) is 9.23 Å². The van der Waals surface area contributed by atoms with Gasteiger partial charge >= 0.3 is 0 Å². The molecule has 0 amide bonds. The first-order chi connectivity index (χ1) is 11.0. The highest BCUT2D eigenvalue weighted by Gasteiger charge is 2.51. The van der Waals surface area contributed by atoms with E-state index < -0.39 is 8.32 Å². The fourth-order valence-corrected chi connectivity index (χ4v) is 8.29. The molecule has 0 saturated carbocycles. The van der Waals surface area contributed by atoms with Crippen LogP contribution in [0.3, 0.4) is 0 Å². The maximum absolute atomic E-state index is 6.99. The first-order valence-corrected chi connectivity index (χ1v) is 10.4. The van der Waals surface area contributed by atoms with Crippen molar-refractivity contribution in [2.75, 3.05) is 0 Å². The Labute approximate surface area is 141 Å². The van der Waals surface area contributed by atoms with Crippen molar-refractivity contribution in [3.63, 3.8) is 0 Å². The average Bonchev–Trinajstić information content (AvgIpc) is 3.06. The molecule has 0 aromatic heterocycles. The van der Waals surface area contributed by atoms with Crippen LogP contribution in [0.25, 0.3) is 0 Å². The van der Waals surface area contributed by atoms with Crippen LogP contribution in [0.1, 0.15) is 33.6 Å². The largest absolute Gasteiger partial charge is 0.401 e. The molecule has 120 valence electrons. The van der Waals surface area contributed by atoms with E-state index in [0.29, 0.717) is 0 Å². The Kier molecular flexibility index (Phi) is 4.56. The van der Waals surface area contributed by atoms with Crippen LogP contribution in [0.2, 0.25) is 5.04 Å². The van der Waals surface area contributed by atoms with Crippen molar-refractivity contribution in [3.05, 3.63) is 72.8 Å². The summed E-state index contributed by atoms with van der Waals surface area (Å²) in [7, 11) is -2.37. The van der Waals surface area contributed by atoms with Gasteiger partial charge in [-0.05, 0) is 28.3 Å². The van der Waals surface area contributed by atoms with Crippen LogP contribution in [0.5, 0.6) is 0 Å². The van der Waals surface area contributed by atoms with Crippen molar-refractivity contribution in [2.24, 2.45) is 0 Å². The number of allylic oxidation sites excluding steroid dienone is 1. The second kappa shape index (κ2) is 6.46. The lowest BCUT2D eigenvalue weighted by molar-refractivity contribution is 0.232. The Balaban J connectivity index is 2.19. The van der Waals surface area contributed by atoms with E-state index in [1.807, 2.05) is 0 Å². The molecule has 3 rings (SSSR count). The Morgan fingerprint density at radius 3 is 1.78 bits per heavy atom. The Morgan fingerprint density at radius 2 is 1.39 bits per heavy atom. The van der Waals surface area contributed by atoms with Crippen LogP contribution in [0, 0.1) is 0 Å². The molecule has 1 nitrogen and oxygen atoms in total. The van der Waals surface area contributed by atoms with Crippen molar-refractivity contribution < 1.29 is 4.43 Å². The molecule has 1 unspecified atom stereocenters. The highest BCUT2D eigenvalue weighted by atomic mass is 28.4. The molecule has 1 aliphatic carbocycles. The van der Waals surface area contributed by atoms with Crippen LogP contribution >= 0.6 is 0 Å². The summed E-state index contributed by atoms with van der Waals surface area (Å²) < 4.78 is 6.99. The molecule has 0 aliphatic heterocycles. The van der Waals surface area contributed by atoms with Crippen molar-refractivity contribution in [2.45, 2.75) is 44.8 Å². The predicted octanol–water partition coefficient (Wildman–Crippen LogP) is 4.28. The molecule has 0 N–H and O–H groups in total. The monoisotopic (exact) mass is 322 g/mol. The SMILES string of the molecule is CC(C)(C)[Si](OC1C=CCC1)(c1ccccc1)c1ccccc1. The van der Waals surface area contributed by atoms with Gasteiger partial charge in [0.1, 0.15) is 0 Å². The third-order valence-corrected chi connectivity index (χ3v) is 9.77. The van der Waals surface area contributed by atoms with E-state index in [-0.39, 0.29) is 11.1 Å². The summed E-state index contributed by atoms with van der Waals surface area (Å²) in [4.78, 5) is 0. The van der Waals surface area contributed by atoms with Crippen LogP contribution in [-0.2, 0) is 4.43 Å². The van der Waals surface area contributed by atoms with E-state index in [0.717, 1.165) is 12.8 Å². The van der Waals surface area contributed by atoms with Gasteiger partial charge in [-0.15, -0.1) is 0 Å². The van der Waals surface area contributed by atoms with Crippen LogP contribution in [-0.4, -0.2) is 14.4 Å². The van der Waals surface area contributed by atoms with Gasteiger partial charge in [-0.2, -0.15) is 0 Å². The molecule has 1 aliphatic rings. The Bertz CT molecular complexity index is 616. The maximum atomic E-state index is 6.99. The molecule has 2 heteroatoms. The lowest BCUT2D eigenvalue weighted by Crippen LogP contribution is -2.67. The lowest BCUT2D eigenvalue weighted by Gasteiger charge is -2.44. The predicted molar refractivity (Wildman–Crippen MR) is 101 cm³/mol. The molecule has 0 heterocycles. The normalized spacial score (nSPS) is 18.3. The fourth-order valence-electron chi connectivity index (χ4n) is 3.62. The highest BCUT2D eigenvalue weighted by molar-refractivity contribution is 6.99. The zero-order valence-corrected chi connectivity index (χ0v) is 15.3. The van der Waals surface area contributed by atoms with E-state index in [2.05, 4.69) is 93.6 Å². The number of hydrogen-bond donors (Lipinski definition) is 0. The van der Waals surface area contributed by atoms with Gasteiger partial charge in [-0.1, -0.05) is 93.6 Å². The minimum Gasteiger partial charge on any atom is -0.401 e. The van der Waals surface area contributed by atoms with Gasteiger partial charge in [0.05, 0.1) is 6.10 Å². The van der Waals surface area contributed by atoms with Crippen molar-refractivity contribution in [1.29, 1.82) is 0 Å². The quantitative estimate of drug-likeness (QED) is 0.603. The zero-order chi connectivity index (χ0) is 16.3. The molecular formula is C21H26OSi. The molecule has 1 atom stereocenters. The van der Waals surface area contributed by atoms with Crippen molar-refractivity contribution in [1.82, 2.24) is 0 Å². The first-order valence-electron chi connectivity index (χ1n) is 8.49. The van der Waals surface area contributed by atoms with Crippen LogP contribution in [0.15, 0.2) is 72.8 Å². The third kappa shape index (κ3) is 3.06. The van der Waals surface area contributed by atoms with E-state index in [1.54, 1.807) is 0 Å². The second-order valence-corrected chi connectivity index (χ2v) is 11.6. The van der Waals surface area contributed by atoms with E-state index in [9.17, 15) is 0 Å². The highest BCUT2D eigenvalue weighted by Crippen LogP contribution is 2.38.